The van der Waals surface area contributed by atoms with Crippen molar-refractivity contribution in [2.45, 2.75) is 60.0 Å². The van der Waals surface area contributed by atoms with Crippen LogP contribution in [0.5, 0.6) is 5.75 Å². The molecule has 1 aromatic carbocycles. The third-order valence-electron chi connectivity index (χ3n) is 5.68. The molecule has 10 heteroatoms. The quantitative estimate of drug-likeness (QED) is 0.109. The van der Waals surface area contributed by atoms with Gasteiger partial charge < -0.3 is 25.4 Å². The van der Waals surface area contributed by atoms with Crippen molar-refractivity contribution in [2.24, 2.45) is 5.84 Å². The molecule has 0 aliphatic carbocycles. The minimum absolute atomic E-state index is 0.0753. The highest BCUT2D eigenvalue weighted by Crippen LogP contribution is 2.28. The predicted octanol–water partition coefficient (Wildman–Crippen LogP) is 3.48. The highest BCUT2D eigenvalue weighted by Gasteiger charge is 2.24. The Bertz CT molecular complexity index is 1050. The van der Waals surface area contributed by atoms with Crippen LogP contribution >= 0.6 is 0 Å². The van der Waals surface area contributed by atoms with Gasteiger partial charge in [0, 0.05) is 25.3 Å². The second-order valence-corrected chi connectivity index (χ2v) is 9.01. The number of hydrogen-bond donors (Lipinski definition) is 5. The van der Waals surface area contributed by atoms with Crippen LogP contribution in [0.25, 0.3) is 0 Å². The minimum atomic E-state index is -0.385. The van der Waals surface area contributed by atoms with Crippen molar-refractivity contribution in [1.82, 2.24) is 20.5 Å². The van der Waals surface area contributed by atoms with E-state index in [1.54, 1.807) is 43.0 Å². The average molecular weight is 529 g/mol. The molecule has 1 aliphatic rings. The van der Waals surface area contributed by atoms with E-state index in [2.05, 4.69) is 31.1 Å². The normalized spacial score (nSPS) is 13.6. The molecule has 10 nitrogen and oxygen atoms in total. The van der Waals surface area contributed by atoms with Gasteiger partial charge in [-0.2, -0.15) is 0 Å². The van der Waals surface area contributed by atoms with Crippen molar-refractivity contribution in [1.29, 1.82) is 5.41 Å². The Morgan fingerprint density at radius 3 is 2.55 bits per heavy atom. The van der Waals surface area contributed by atoms with Crippen LogP contribution in [0.4, 0.5) is 4.79 Å². The monoisotopic (exact) mass is 528 g/mol. The lowest BCUT2D eigenvalue weighted by molar-refractivity contribution is 0.0964. The van der Waals surface area contributed by atoms with Gasteiger partial charge in [0.05, 0.1) is 25.3 Å². The van der Waals surface area contributed by atoms with E-state index >= 15 is 0 Å². The summed E-state index contributed by atoms with van der Waals surface area (Å²) in [5.41, 5.74) is 3.22. The Morgan fingerprint density at radius 1 is 1.32 bits per heavy atom. The molecule has 1 aliphatic heterocycles. The highest BCUT2D eigenvalue weighted by atomic mass is 16.5. The van der Waals surface area contributed by atoms with Crippen LogP contribution in [0.1, 0.15) is 62.5 Å². The second-order valence-electron chi connectivity index (χ2n) is 9.01. The number of hydrogen-bond acceptors (Lipinski definition) is 6. The van der Waals surface area contributed by atoms with Gasteiger partial charge in [-0.15, -0.1) is 0 Å². The third kappa shape index (κ3) is 9.35. The van der Waals surface area contributed by atoms with Crippen LogP contribution in [-0.2, 0) is 13.0 Å². The number of nitrogens with zero attached hydrogens (tertiary/aromatic N) is 2. The first-order valence-corrected chi connectivity index (χ1v) is 12.9. The lowest BCUT2D eigenvalue weighted by atomic mass is 9.96. The Morgan fingerprint density at radius 2 is 1.97 bits per heavy atom. The summed E-state index contributed by atoms with van der Waals surface area (Å²) in [7, 11) is 1.51. The average Bonchev–Trinajstić information content (AvgIpc) is 2.90. The molecule has 210 valence electrons. The first kappa shape index (κ1) is 32.4. The summed E-state index contributed by atoms with van der Waals surface area (Å²) in [5, 5.41) is 24.0. The number of allylic oxidation sites excluding steroid dienone is 3. The molecule has 0 fully saturated rings. The van der Waals surface area contributed by atoms with Gasteiger partial charge in [0.2, 0.25) is 0 Å². The maximum Gasteiger partial charge on any atom is 0.317 e. The summed E-state index contributed by atoms with van der Waals surface area (Å²) >= 11 is 0. The number of fused-ring (bicyclic) bond motifs is 1. The van der Waals surface area contributed by atoms with Gasteiger partial charge in [-0.25, -0.2) is 10.6 Å². The molecule has 2 rings (SSSR count). The van der Waals surface area contributed by atoms with Gasteiger partial charge in [0.15, 0.2) is 0 Å². The van der Waals surface area contributed by atoms with Gasteiger partial charge in [0.1, 0.15) is 11.6 Å². The van der Waals surface area contributed by atoms with Crippen molar-refractivity contribution in [3.8, 4) is 5.75 Å². The Labute approximate surface area is 226 Å². The van der Waals surface area contributed by atoms with E-state index in [4.69, 9.17) is 16.0 Å². The minimum Gasteiger partial charge on any atom is -0.496 e. The molecule has 0 bridgehead atoms. The zero-order valence-electron chi connectivity index (χ0n) is 23.6. The number of carbonyl (C=O) groups is 2. The molecule has 6 N–H and O–H groups in total. The Balaban J connectivity index is 0.00000229. The van der Waals surface area contributed by atoms with Crippen LogP contribution < -0.4 is 21.2 Å². The van der Waals surface area contributed by atoms with Crippen LogP contribution in [0.2, 0.25) is 0 Å². The Kier molecular flexibility index (Phi) is 13.9. The molecule has 0 saturated heterocycles. The van der Waals surface area contributed by atoms with E-state index < -0.39 is 0 Å². The first-order valence-electron chi connectivity index (χ1n) is 12.9. The maximum absolute atomic E-state index is 13.0. The predicted molar refractivity (Wildman–Crippen MR) is 152 cm³/mol. The van der Waals surface area contributed by atoms with Crippen LogP contribution in [0, 0.1) is 5.41 Å². The molecule has 1 unspecified atom stereocenters. The molecule has 1 aromatic rings. The van der Waals surface area contributed by atoms with Crippen molar-refractivity contribution in [3.05, 3.63) is 64.9 Å². The van der Waals surface area contributed by atoms with E-state index in [-0.39, 0.29) is 30.4 Å². The number of aliphatic hydroxyl groups is 1. The van der Waals surface area contributed by atoms with Crippen molar-refractivity contribution in [2.75, 3.05) is 26.8 Å². The number of nitrogens with two attached hydrogens (primary N) is 1. The summed E-state index contributed by atoms with van der Waals surface area (Å²) in [6.07, 6.45) is 6.85. The molecule has 1 heterocycles. The Hall–Kier alpha value is -3.63. The summed E-state index contributed by atoms with van der Waals surface area (Å²) in [4.78, 5) is 26.9. The number of hydrazine groups is 1. The number of benzene rings is 1. The molecule has 0 spiro atoms. The van der Waals surface area contributed by atoms with Crippen molar-refractivity contribution in [3.63, 3.8) is 0 Å². The molecule has 1 atom stereocenters. The van der Waals surface area contributed by atoms with Gasteiger partial charge >= 0.3 is 6.03 Å². The van der Waals surface area contributed by atoms with Crippen LogP contribution in [0.15, 0.2) is 48.2 Å². The van der Waals surface area contributed by atoms with Crippen LogP contribution in [-0.4, -0.2) is 65.6 Å². The number of urea groups is 1. The number of ether oxygens (including phenoxy) is 1. The molecular weight excluding hydrogens is 484 g/mol. The van der Waals surface area contributed by atoms with Crippen molar-refractivity contribution < 1.29 is 19.4 Å². The number of carbonyl (C=O) groups excluding carboxylic acids is 2. The lowest BCUT2D eigenvalue weighted by Crippen LogP contribution is -2.45. The number of methoxy groups -OCH3 is 1. The summed E-state index contributed by atoms with van der Waals surface area (Å²) in [5.74, 6) is 5.97. The third-order valence-corrected chi connectivity index (χ3v) is 5.68. The fourth-order valence-corrected chi connectivity index (χ4v) is 3.52. The number of amidine groups is 1. The maximum atomic E-state index is 13.0. The topological polar surface area (TPSA) is 144 Å². The zero-order valence-corrected chi connectivity index (χ0v) is 23.6. The number of rotatable bonds is 9. The molecule has 3 amide bonds. The smallest absolute Gasteiger partial charge is 0.317 e. The van der Waals surface area contributed by atoms with Gasteiger partial charge in [-0.1, -0.05) is 39.0 Å². The number of nitrogens with one attached hydrogen (secondary N) is 3. The lowest BCUT2D eigenvalue weighted by Gasteiger charge is -2.29. The number of amides is 3. The zero-order chi connectivity index (χ0) is 28.8. The first-order chi connectivity index (χ1) is 18.0. The molecule has 0 aromatic heterocycles. The second kappa shape index (κ2) is 16.3. The van der Waals surface area contributed by atoms with Gasteiger partial charge in [0.25, 0.3) is 5.91 Å². The fourth-order valence-electron chi connectivity index (χ4n) is 3.52. The van der Waals surface area contributed by atoms with Gasteiger partial charge in [-0.05, 0) is 62.1 Å². The van der Waals surface area contributed by atoms with Crippen molar-refractivity contribution >= 4 is 17.8 Å². The molecule has 0 saturated carbocycles. The van der Waals surface area contributed by atoms with E-state index in [1.807, 2.05) is 13.0 Å². The summed E-state index contributed by atoms with van der Waals surface area (Å²) in [6.45, 7) is 14.8. The van der Waals surface area contributed by atoms with Gasteiger partial charge in [-0.3, -0.25) is 15.2 Å². The largest absolute Gasteiger partial charge is 0.496 e. The van der Waals surface area contributed by atoms with E-state index in [0.29, 0.717) is 48.6 Å². The molecule has 38 heavy (non-hydrogen) atoms. The number of aliphatic hydroxyl groups excluding tert-OH is 1. The standard InChI is InChI=1S/C25H36N6O4.C3H8/c1-6-28-25(34)30-11-10-19-13-22(35-5)21(12-20(19)14-30)24(33)29-17(3)9-7-8-16(2)23(26)31(27)18(4)15-32;1-3-2/h7-9,12-13,18,26,32H,3,6,10-11,14-15,27H2,1-2,4-5H3,(H,28,34)(H,29,33);3H2,1-2H3/b9-7-,16-8+,26-23?;. The fraction of sp³-hybridized carbons (Fsp3) is 0.464. The van der Waals surface area contributed by atoms with E-state index in [9.17, 15) is 14.7 Å². The molecule has 0 radical (unpaired) electrons. The van der Waals surface area contributed by atoms with Crippen LogP contribution in [0.3, 0.4) is 0 Å². The molecular formula is C28H44N6O4. The SMILES string of the molecule is C=C(/C=C\C=C(/C)C(=N)N(N)C(C)CO)NC(=O)c1cc2c(cc1OC)CCN(C(=O)NCC)C2.CCC. The summed E-state index contributed by atoms with van der Waals surface area (Å²) in [6, 6.07) is 3.10. The van der Waals surface area contributed by atoms with E-state index in [1.165, 1.54) is 18.5 Å². The van der Waals surface area contributed by atoms with E-state index in [0.717, 1.165) is 11.1 Å². The highest BCUT2D eigenvalue weighted by molar-refractivity contribution is 5.98. The summed E-state index contributed by atoms with van der Waals surface area (Å²) < 4.78 is 5.45.